The number of aliphatic hydroxyl groups excluding tert-OH is 2. The Hall–Kier alpha value is -1.55. The summed E-state index contributed by atoms with van der Waals surface area (Å²) in [6.45, 7) is 2.59. The van der Waals surface area contributed by atoms with E-state index in [2.05, 4.69) is 5.32 Å². The summed E-state index contributed by atoms with van der Waals surface area (Å²) >= 11 is 0. The molecule has 1 amide bonds. The van der Waals surface area contributed by atoms with E-state index in [1.807, 2.05) is 30.3 Å². The number of hydrogen-bond acceptors (Lipinski definition) is 7. The van der Waals surface area contributed by atoms with E-state index in [1.165, 1.54) is 14.0 Å². The van der Waals surface area contributed by atoms with Gasteiger partial charge in [0.1, 0.15) is 24.4 Å². The standard InChI is InChI=1S/C18H27NO7/c1-12(20)19-15-17(22)16(21)14(26-18(15)23-2)11-25-9-8-24-10-13-6-4-3-5-7-13/h3-7,14-18,21-22H,8-11H2,1-2H3,(H,19,20)/t14?,15-,16+,17-,18+/m1/s1. The summed E-state index contributed by atoms with van der Waals surface area (Å²) in [4.78, 5) is 11.2. The van der Waals surface area contributed by atoms with Crippen molar-refractivity contribution in [3.63, 3.8) is 0 Å². The highest BCUT2D eigenvalue weighted by molar-refractivity contribution is 5.73. The zero-order chi connectivity index (χ0) is 18.9. The van der Waals surface area contributed by atoms with Gasteiger partial charge in [0.2, 0.25) is 5.91 Å². The number of amides is 1. The molecule has 0 saturated carbocycles. The van der Waals surface area contributed by atoms with Gasteiger partial charge in [-0.15, -0.1) is 0 Å². The third kappa shape index (κ3) is 6.01. The summed E-state index contributed by atoms with van der Waals surface area (Å²) in [5.74, 6) is -0.350. The van der Waals surface area contributed by atoms with Gasteiger partial charge in [0, 0.05) is 14.0 Å². The first-order valence-electron chi connectivity index (χ1n) is 8.54. The lowest BCUT2D eigenvalue weighted by atomic mass is 9.97. The lowest BCUT2D eigenvalue weighted by Gasteiger charge is -2.42. The van der Waals surface area contributed by atoms with Gasteiger partial charge in [-0.25, -0.2) is 0 Å². The maximum Gasteiger partial charge on any atom is 0.217 e. The number of aliphatic hydroxyl groups is 2. The minimum atomic E-state index is -1.22. The van der Waals surface area contributed by atoms with E-state index < -0.39 is 30.6 Å². The molecule has 2 rings (SSSR count). The quantitative estimate of drug-likeness (QED) is 0.518. The van der Waals surface area contributed by atoms with Crippen molar-refractivity contribution in [2.24, 2.45) is 0 Å². The number of methoxy groups -OCH3 is 1. The first kappa shape index (κ1) is 20.8. The van der Waals surface area contributed by atoms with Crippen molar-refractivity contribution in [2.75, 3.05) is 26.9 Å². The molecule has 0 bridgehead atoms. The fourth-order valence-electron chi connectivity index (χ4n) is 2.74. The van der Waals surface area contributed by atoms with Crippen LogP contribution in [0.15, 0.2) is 30.3 Å². The second-order valence-corrected chi connectivity index (χ2v) is 6.10. The van der Waals surface area contributed by atoms with Crippen molar-refractivity contribution in [2.45, 2.75) is 44.2 Å². The fourth-order valence-corrected chi connectivity index (χ4v) is 2.74. The van der Waals surface area contributed by atoms with Crippen LogP contribution in [0.1, 0.15) is 12.5 Å². The first-order chi connectivity index (χ1) is 12.5. The topological polar surface area (TPSA) is 106 Å². The lowest BCUT2D eigenvalue weighted by Crippen LogP contribution is -2.64. The van der Waals surface area contributed by atoms with Crippen molar-refractivity contribution in [1.82, 2.24) is 5.32 Å². The molecule has 5 atom stereocenters. The summed E-state index contributed by atoms with van der Waals surface area (Å²) in [5, 5.41) is 22.9. The van der Waals surface area contributed by atoms with Gasteiger partial charge in [-0.1, -0.05) is 30.3 Å². The monoisotopic (exact) mass is 369 g/mol. The molecular weight excluding hydrogens is 342 g/mol. The minimum Gasteiger partial charge on any atom is -0.388 e. The Labute approximate surface area is 153 Å². The number of carbonyl (C=O) groups excluding carboxylic acids is 1. The van der Waals surface area contributed by atoms with Gasteiger partial charge in [-0.3, -0.25) is 4.79 Å². The van der Waals surface area contributed by atoms with Crippen molar-refractivity contribution in [3.05, 3.63) is 35.9 Å². The van der Waals surface area contributed by atoms with E-state index in [9.17, 15) is 15.0 Å². The Kier molecular flexibility index (Phi) is 8.43. The Morgan fingerprint density at radius 2 is 1.85 bits per heavy atom. The number of rotatable bonds is 9. The highest BCUT2D eigenvalue weighted by atomic mass is 16.7. The van der Waals surface area contributed by atoms with Crippen molar-refractivity contribution < 1.29 is 34.0 Å². The van der Waals surface area contributed by atoms with Crippen LogP contribution >= 0.6 is 0 Å². The van der Waals surface area contributed by atoms with Crippen LogP contribution in [0.25, 0.3) is 0 Å². The highest BCUT2D eigenvalue weighted by Gasteiger charge is 2.45. The molecule has 0 aromatic heterocycles. The molecule has 1 unspecified atom stereocenters. The summed E-state index contributed by atoms with van der Waals surface area (Å²) in [6.07, 6.45) is -4.07. The van der Waals surface area contributed by atoms with E-state index in [4.69, 9.17) is 18.9 Å². The molecule has 0 spiro atoms. The normalized spacial score (nSPS) is 28.7. The minimum absolute atomic E-state index is 0.0690. The molecule has 1 aliphatic rings. The molecule has 3 N–H and O–H groups in total. The predicted molar refractivity (Wildman–Crippen MR) is 92.2 cm³/mol. The Bertz CT molecular complexity index is 540. The SMILES string of the molecule is CO[C@H]1OC(COCCOCc2ccccc2)[C@H](O)[C@H](O)[C@H]1NC(C)=O. The second-order valence-electron chi connectivity index (χ2n) is 6.10. The zero-order valence-corrected chi connectivity index (χ0v) is 15.0. The van der Waals surface area contributed by atoms with Gasteiger partial charge in [0.15, 0.2) is 6.29 Å². The van der Waals surface area contributed by atoms with Crippen LogP contribution in [-0.2, 0) is 30.3 Å². The molecule has 0 aliphatic carbocycles. The molecule has 8 heteroatoms. The summed E-state index contributed by atoms with van der Waals surface area (Å²) in [6, 6.07) is 8.94. The number of benzene rings is 1. The van der Waals surface area contributed by atoms with Crippen molar-refractivity contribution in [3.8, 4) is 0 Å². The molecule has 1 heterocycles. The average Bonchev–Trinajstić information content (AvgIpc) is 2.64. The fraction of sp³-hybridized carbons (Fsp3) is 0.611. The predicted octanol–water partition coefficient (Wildman–Crippen LogP) is -0.182. The highest BCUT2D eigenvalue weighted by Crippen LogP contribution is 2.22. The van der Waals surface area contributed by atoms with Crippen molar-refractivity contribution >= 4 is 5.91 Å². The molecule has 8 nitrogen and oxygen atoms in total. The van der Waals surface area contributed by atoms with E-state index >= 15 is 0 Å². The molecule has 1 aromatic rings. The van der Waals surface area contributed by atoms with Gasteiger partial charge in [-0.2, -0.15) is 0 Å². The van der Waals surface area contributed by atoms with Crippen LogP contribution in [-0.4, -0.2) is 73.7 Å². The molecule has 1 fully saturated rings. The molecular formula is C18H27NO7. The van der Waals surface area contributed by atoms with E-state index in [0.717, 1.165) is 5.56 Å². The Morgan fingerprint density at radius 3 is 2.50 bits per heavy atom. The third-order valence-corrected chi connectivity index (χ3v) is 4.07. The van der Waals surface area contributed by atoms with Crippen molar-refractivity contribution in [1.29, 1.82) is 0 Å². The molecule has 146 valence electrons. The van der Waals surface area contributed by atoms with Gasteiger partial charge in [0.25, 0.3) is 0 Å². The van der Waals surface area contributed by atoms with E-state index in [1.54, 1.807) is 0 Å². The number of nitrogens with one attached hydrogen (secondary N) is 1. The van der Waals surface area contributed by atoms with Gasteiger partial charge >= 0.3 is 0 Å². The van der Waals surface area contributed by atoms with Gasteiger partial charge < -0.3 is 34.5 Å². The average molecular weight is 369 g/mol. The molecule has 0 radical (unpaired) electrons. The van der Waals surface area contributed by atoms with E-state index in [-0.39, 0.29) is 12.5 Å². The maximum absolute atomic E-state index is 11.2. The number of carbonyl (C=O) groups is 1. The summed E-state index contributed by atoms with van der Waals surface area (Å²) in [5.41, 5.74) is 1.08. The van der Waals surface area contributed by atoms with Crippen LogP contribution < -0.4 is 5.32 Å². The third-order valence-electron chi connectivity index (χ3n) is 4.07. The lowest BCUT2D eigenvalue weighted by molar-refractivity contribution is -0.265. The maximum atomic E-state index is 11.2. The smallest absolute Gasteiger partial charge is 0.217 e. The molecule has 1 saturated heterocycles. The second kappa shape index (κ2) is 10.6. The van der Waals surface area contributed by atoms with Gasteiger partial charge in [-0.05, 0) is 5.56 Å². The summed E-state index contributed by atoms with van der Waals surface area (Å²) in [7, 11) is 1.40. The van der Waals surface area contributed by atoms with Gasteiger partial charge in [0.05, 0.1) is 26.4 Å². The van der Waals surface area contributed by atoms with Crippen LogP contribution in [0, 0.1) is 0 Å². The van der Waals surface area contributed by atoms with E-state index in [0.29, 0.717) is 19.8 Å². The number of ether oxygens (including phenoxy) is 4. The molecule has 26 heavy (non-hydrogen) atoms. The van der Waals surface area contributed by atoms with Crippen LogP contribution in [0.5, 0.6) is 0 Å². The largest absolute Gasteiger partial charge is 0.388 e. The Morgan fingerprint density at radius 1 is 1.15 bits per heavy atom. The van der Waals surface area contributed by atoms with Crippen LogP contribution in [0.4, 0.5) is 0 Å². The summed E-state index contributed by atoms with van der Waals surface area (Å²) < 4.78 is 21.7. The van der Waals surface area contributed by atoms with Crippen LogP contribution in [0.3, 0.4) is 0 Å². The molecule has 1 aliphatic heterocycles. The molecule has 1 aromatic carbocycles. The zero-order valence-electron chi connectivity index (χ0n) is 15.0. The first-order valence-corrected chi connectivity index (χ1v) is 8.54. The Balaban J connectivity index is 1.71. The van der Waals surface area contributed by atoms with Crippen LogP contribution in [0.2, 0.25) is 0 Å². The number of hydrogen-bond donors (Lipinski definition) is 3.